The molecule has 1 N–H and O–H groups in total. The number of hydrogen-bond acceptors (Lipinski definition) is 5. The van der Waals surface area contributed by atoms with E-state index < -0.39 is 0 Å². The largest absolute Gasteiger partial charge is 0.494 e. The molecule has 1 rings (SSSR count). The average molecular weight is 282 g/mol. The summed E-state index contributed by atoms with van der Waals surface area (Å²) in [4.78, 5) is 21.8. The Balaban J connectivity index is 2.99. The smallest absolute Gasteiger partial charge is 0.217 e. The van der Waals surface area contributed by atoms with Crippen LogP contribution in [-0.4, -0.2) is 26.2 Å². The second-order valence-electron chi connectivity index (χ2n) is 4.01. The lowest BCUT2D eigenvalue weighted by Crippen LogP contribution is -2.25. The number of amides is 1. The van der Waals surface area contributed by atoms with Crippen molar-refractivity contribution in [2.75, 3.05) is 25.6 Å². The Morgan fingerprint density at radius 3 is 2.40 bits per heavy atom. The second kappa shape index (κ2) is 8.39. The highest BCUT2D eigenvalue weighted by Crippen LogP contribution is 2.30. The number of hydrogen-bond donors (Lipinski definition) is 1. The van der Waals surface area contributed by atoms with Gasteiger partial charge in [-0.25, -0.2) is 9.68 Å². The monoisotopic (exact) mass is 282 g/mol. The summed E-state index contributed by atoms with van der Waals surface area (Å²) in [6.07, 6.45) is 0. The SMILES string of the molecule is CCON(OCC)c1cc(CNC(C)=O)ccc1OC. The molecule has 0 radical (unpaired) electrons. The Hall–Kier alpha value is -1.79. The van der Waals surface area contributed by atoms with Gasteiger partial charge in [0.15, 0.2) is 0 Å². The minimum atomic E-state index is -0.0751. The van der Waals surface area contributed by atoms with Crippen LogP contribution in [0.1, 0.15) is 26.3 Å². The Bertz CT molecular complexity index is 431. The Labute approximate surface area is 119 Å². The predicted molar refractivity (Wildman–Crippen MR) is 76.2 cm³/mol. The molecule has 0 aliphatic carbocycles. The topological polar surface area (TPSA) is 60.0 Å². The molecule has 0 heterocycles. The molecule has 1 aromatic carbocycles. The van der Waals surface area contributed by atoms with Gasteiger partial charge in [-0.05, 0) is 31.5 Å². The van der Waals surface area contributed by atoms with E-state index in [-0.39, 0.29) is 5.91 Å². The van der Waals surface area contributed by atoms with Gasteiger partial charge >= 0.3 is 0 Å². The van der Waals surface area contributed by atoms with Crippen molar-refractivity contribution in [1.82, 2.24) is 5.32 Å². The van der Waals surface area contributed by atoms with E-state index in [4.69, 9.17) is 14.4 Å². The summed E-state index contributed by atoms with van der Waals surface area (Å²) in [6.45, 7) is 6.62. The molecule has 0 saturated carbocycles. The quantitative estimate of drug-likeness (QED) is 0.739. The van der Waals surface area contributed by atoms with Crippen LogP contribution in [0.2, 0.25) is 0 Å². The third kappa shape index (κ3) is 4.71. The van der Waals surface area contributed by atoms with Gasteiger partial charge in [-0.3, -0.25) is 4.79 Å². The van der Waals surface area contributed by atoms with Crippen LogP contribution in [0.15, 0.2) is 18.2 Å². The summed E-state index contributed by atoms with van der Waals surface area (Å²) in [5, 5.41) is 4.09. The molecule has 0 aliphatic heterocycles. The lowest BCUT2D eigenvalue weighted by Gasteiger charge is -2.23. The zero-order valence-electron chi connectivity index (χ0n) is 12.4. The van der Waals surface area contributed by atoms with Crippen molar-refractivity contribution >= 4 is 11.6 Å². The van der Waals surface area contributed by atoms with Crippen LogP contribution < -0.4 is 15.3 Å². The zero-order valence-corrected chi connectivity index (χ0v) is 12.4. The first-order valence-electron chi connectivity index (χ1n) is 6.59. The van der Waals surface area contributed by atoms with E-state index in [1.165, 1.54) is 12.2 Å². The Morgan fingerprint density at radius 2 is 1.90 bits per heavy atom. The molecule has 0 unspecified atom stereocenters. The highest BCUT2D eigenvalue weighted by atomic mass is 16.9. The van der Waals surface area contributed by atoms with Crippen molar-refractivity contribution in [3.8, 4) is 5.75 Å². The van der Waals surface area contributed by atoms with Crippen molar-refractivity contribution in [1.29, 1.82) is 0 Å². The molecule has 6 heteroatoms. The molecular formula is C14H22N2O4. The summed E-state index contributed by atoms with van der Waals surface area (Å²) in [5.74, 6) is 0.562. The molecule has 0 saturated heterocycles. The molecular weight excluding hydrogens is 260 g/mol. The van der Waals surface area contributed by atoms with E-state index in [0.29, 0.717) is 31.2 Å². The van der Waals surface area contributed by atoms with Crippen LogP contribution in [-0.2, 0) is 21.0 Å². The molecule has 20 heavy (non-hydrogen) atoms. The van der Waals surface area contributed by atoms with Gasteiger partial charge in [0.2, 0.25) is 5.91 Å². The molecule has 0 aliphatic rings. The number of nitrogens with one attached hydrogen (secondary N) is 1. The lowest BCUT2D eigenvalue weighted by molar-refractivity contribution is -0.119. The molecule has 1 aromatic rings. The number of rotatable bonds is 8. The number of carbonyl (C=O) groups is 1. The molecule has 112 valence electrons. The normalized spacial score (nSPS) is 10.2. The fourth-order valence-corrected chi connectivity index (χ4v) is 1.63. The summed E-state index contributed by atoms with van der Waals surface area (Å²) < 4.78 is 5.31. The van der Waals surface area contributed by atoms with Gasteiger partial charge < -0.3 is 10.1 Å². The van der Waals surface area contributed by atoms with E-state index in [1.54, 1.807) is 7.11 Å². The number of nitrogens with zero attached hydrogens (tertiary/aromatic N) is 1. The summed E-state index contributed by atoms with van der Waals surface area (Å²) >= 11 is 0. The minimum absolute atomic E-state index is 0.0751. The van der Waals surface area contributed by atoms with Crippen molar-refractivity contribution in [2.24, 2.45) is 0 Å². The van der Waals surface area contributed by atoms with Gasteiger partial charge in [-0.2, -0.15) is 0 Å². The fraction of sp³-hybridized carbons (Fsp3) is 0.500. The fourth-order valence-electron chi connectivity index (χ4n) is 1.63. The maximum atomic E-state index is 11.0. The number of anilines is 1. The molecule has 0 bridgehead atoms. The number of benzene rings is 1. The Kier molecular flexibility index (Phi) is 6.83. The molecule has 0 fully saturated rings. The van der Waals surface area contributed by atoms with E-state index in [2.05, 4.69) is 5.32 Å². The van der Waals surface area contributed by atoms with Crippen LogP contribution in [0, 0.1) is 0 Å². The third-order valence-electron chi connectivity index (χ3n) is 2.47. The van der Waals surface area contributed by atoms with Crippen LogP contribution in [0.4, 0.5) is 5.69 Å². The summed E-state index contributed by atoms with van der Waals surface area (Å²) in [6, 6.07) is 5.56. The van der Waals surface area contributed by atoms with Gasteiger partial charge in [0.05, 0.1) is 20.3 Å². The first-order valence-corrected chi connectivity index (χ1v) is 6.59. The predicted octanol–water partition coefficient (Wildman–Crippen LogP) is 2.04. The first-order chi connectivity index (χ1) is 9.62. The zero-order chi connectivity index (χ0) is 15.0. The minimum Gasteiger partial charge on any atom is -0.494 e. The third-order valence-corrected chi connectivity index (χ3v) is 2.47. The van der Waals surface area contributed by atoms with Gasteiger partial charge in [-0.1, -0.05) is 6.07 Å². The van der Waals surface area contributed by atoms with Crippen LogP contribution in [0.3, 0.4) is 0 Å². The molecule has 0 aromatic heterocycles. The van der Waals surface area contributed by atoms with Crippen molar-refractivity contribution in [3.05, 3.63) is 23.8 Å². The van der Waals surface area contributed by atoms with Gasteiger partial charge in [0, 0.05) is 13.5 Å². The average Bonchev–Trinajstić information content (AvgIpc) is 2.44. The molecule has 0 atom stereocenters. The maximum Gasteiger partial charge on any atom is 0.217 e. The van der Waals surface area contributed by atoms with Gasteiger partial charge in [0.1, 0.15) is 11.4 Å². The van der Waals surface area contributed by atoms with Crippen molar-refractivity contribution in [2.45, 2.75) is 27.3 Å². The van der Waals surface area contributed by atoms with E-state index in [9.17, 15) is 4.79 Å². The van der Waals surface area contributed by atoms with Crippen LogP contribution in [0.25, 0.3) is 0 Å². The van der Waals surface area contributed by atoms with Crippen LogP contribution >= 0.6 is 0 Å². The van der Waals surface area contributed by atoms with Crippen LogP contribution in [0.5, 0.6) is 5.75 Å². The second-order valence-corrected chi connectivity index (χ2v) is 4.01. The molecule has 1 amide bonds. The van der Waals surface area contributed by atoms with Crippen molar-refractivity contribution < 1.29 is 19.2 Å². The molecule has 6 nitrogen and oxygen atoms in total. The lowest BCUT2D eigenvalue weighted by atomic mass is 10.2. The van der Waals surface area contributed by atoms with Gasteiger partial charge in [-0.15, -0.1) is 5.23 Å². The first kappa shape index (κ1) is 16.3. The highest BCUT2D eigenvalue weighted by molar-refractivity contribution is 5.72. The van der Waals surface area contributed by atoms with Crippen molar-refractivity contribution in [3.63, 3.8) is 0 Å². The number of ether oxygens (including phenoxy) is 1. The maximum absolute atomic E-state index is 11.0. The van der Waals surface area contributed by atoms with E-state index in [1.807, 2.05) is 32.0 Å². The van der Waals surface area contributed by atoms with E-state index in [0.717, 1.165) is 5.56 Å². The number of carbonyl (C=O) groups excluding carboxylic acids is 1. The molecule has 0 spiro atoms. The standard InChI is InChI=1S/C14H22N2O4/c1-5-19-16(20-6-2)13-9-12(10-15-11(3)17)7-8-14(13)18-4/h7-9H,5-6,10H2,1-4H3,(H,15,17). The highest BCUT2D eigenvalue weighted by Gasteiger charge is 2.14. The summed E-state index contributed by atoms with van der Waals surface area (Å²) in [7, 11) is 1.59. The number of methoxy groups -OCH3 is 1. The summed E-state index contributed by atoms with van der Waals surface area (Å²) in [5.41, 5.74) is 1.60. The Morgan fingerprint density at radius 1 is 1.25 bits per heavy atom. The van der Waals surface area contributed by atoms with Gasteiger partial charge in [0.25, 0.3) is 0 Å². The van der Waals surface area contributed by atoms with E-state index >= 15 is 0 Å².